The zero-order chi connectivity index (χ0) is 21.2. The number of nitriles is 1. The Labute approximate surface area is 185 Å². The summed E-state index contributed by atoms with van der Waals surface area (Å²) in [4.78, 5) is 12.7. The van der Waals surface area contributed by atoms with Crippen LogP contribution in [0.25, 0.3) is 0 Å². The van der Waals surface area contributed by atoms with E-state index < -0.39 is 17.9 Å². The summed E-state index contributed by atoms with van der Waals surface area (Å²) in [6.07, 6.45) is 0.854. The van der Waals surface area contributed by atoms with Crippen LogP contribution in [0, 0.1) is 34.4 Å². The SMILES string of the molecule is CC1(C)[C@H](C(=O)O[C@H](C#N)c2cccc(Oc3cccc(F)c3)c2)[C@@H]1C=C(Br)Br. The van der Waals surface area contributed by atoms with Crippen molar-refractivity contribution in [2.24, 2.45) is 17.3 Å². The van der Waals surface area contributed by atoms with Crippen LogP contribution in [0.15, 0.2) is 58.0 Å². The first-order valence-corrected chi connectivity index (χ1v) is 10.5. The normalized spacial score (nSPS) is 20.1. The first-order chi connectivity index (χ1) is 13.7. The van der Waals surface area contributed by atoms with Crippen molar-refractivity contribution in [1.82, 2.24) is 0 Å². The number of hydrogen-bond acceptors (Lipinski definition) is 4. The van der Waals surface area contributed by atoms with Crippen LogP contribution in [0.4, 0.5) is 4.39 Å². The number of nitrogens with zero attached hydrogens (tertiary/aromatic N) is 1. The molecule has 0 unspecified atom stereocenters. The predicted molar refractivity (Wildman–Crippen MR) is 114 cm³/mol. The summed E-state index contributed by atoms with van der Waals surface area (Å²) in [7, 11) is 0. The lowest BCUT2D eigenvalue weighted by Crippen LogP contribution is -2.14. The first-order valence-electron chi connectivity index (χ1n) is 8.88. The molecule has 1 aliphatic carbocycles. The predicted octanol–water partition coefficient (Wildman–Crippen LogP) is 6.63. The van der Waals surface area contributed by atoms with Crippen LogP contribution >= 0.6 is 31.9 Å². The minimum absolute atomic E-state index is 0.0192. The molecule has 2 aromatic carbocycles. The minimum Gasteiger partial charge on any atom is -0.457 e. The van der Waals surface area contributed by atoms with Gasteiger partial charge in [-0.15, -0.1) is 0 Å². The van der Waals surface area contributed by atoms with Crippen molar-refractivity contribution in [3.8, 4) is 17.6 Å². The van der Waals surface area contributed by atoms with E-state index in [9.17, 15) is 14.4 Å². The van der Waals surface area contributed by atoms with Gasteiger partial charge in [-0.2, -0.15) is 5.26 Å². The Morgan fingerprint density at radius 3 is 2.48 bits per heavy atom. The highest BCUT2D eigenvalue weighted by Gasteiger charge is 2.61. The van der Waals surface area contributed by atoms with E-state index in [1.54, 1.807) is 36.4 Å². The number of halogens is 3. The summed E-state index contributed by atoms with van der Waals surface area (Å²) >= 11 is 6.64. The fourth-order valence-electron chi connectivity index (χ4n) is 3.34. The molecule has 0 N–H and O–H groups in total. The third-order valence-electron chi connectivity index (χ3n) is 5.01. The molecule has 4 nitrogen and oxygen atoms in total. The topological polar surface area (TPSA) is 59.3 Å². The van der Waals surface area contributed by atoms with E-state index >= 15 is 0 Å². The van der Waals surface area contributed by atoms with E-state index in [2.05, 4.69) is 31.9 Å². The molecule has 1 fully saturated rings. The monoisotopic (exact) mass is 521 g/mol. The Morgan fingerprint density at radius 1 is 1.21 bits per heavy atom. The molecule has 0 aromatic heterocycles. The van der Waals surface area contributed by atoms with Gasteiger partial charge in [0.1, 0.15) is 23.4 Å². The maximum Gasteiger partial charge on any atom is 0.311 e. The van der Waals surface area contributed by atoms with Crippen LogP contribution in [0.2, 0.25) is 0 Å². The summed E-state index contributed by atoms with van der Waals surface area (Å²) in [5, 5.41) is 9.54. The molecule has 0 bridgehead atoms. The summed E-state index contributed by atoms with van der Waals surface area (Å²) in [6.45, 7) is 3.97. The van der Waals surface area contributed by atoms with E-state index in [1.165, 1.54) is 12.1 Å². The summed E-state index contributed by atoms with van der Waals surface area (Å²) in [5.74, 6) is -0.378. The van der Waals surface area contributed by atoms with E-state index in [0.29, 0.717) is 17.1 Å². The van der Waals surface area contributed by atoms with Crippen molar-refractivity contribution in [2.45, 2.75) is 20.0 Å². The van der Waals surface area contributed by atoms with Gasteiger partial charge in [0.2, 0.25) is 6.10 Å². The number of esters is 1. The fraction of sp³-hybridized carbons (Fsp3) is 0.273. The average Bonchev–Trinajstić information content (AvgIpc) is 3.19. The summed E-state index contributed by atoms with van der Waals surface area (Å²) in [6, 6.07) is 14.4. The van der Waals surface area contributed by atoms with Gasteiger partial charge < -0.3 is 9.47 Å². The van der Waals surface area contributed by atoms with Crippen molar-refractivity contribution in [1.29, 1.82) is 5.26 Å². The lowest BCUT2D eigenvalue weighted by atomic mass is 10.1. The van der Waals surface area contributed by atoms with E-state index in [0.717, 1.165) is 3.39 Å². The van der Waals surface area contributed by atoms with Gasteiger partial charge in [0.25, 0.3) is 0 Å². The Morgan fingerprint density at radius 2 is 1.86 bits per heavy atom. The number of hydrogen-bond donors (Lipinski definition) is 0. The molecule has 0 amide bonds. The van der Waals surface area contributed by atoms with Gasteiger partial charge in [-0.3, -0.25) is 4.79 Å². The molecule has 2 aromatic rings. The Balaban J connectivity index is 1.73. The molecule has 0 aliphatic heterocycles. The maximum absolute atomic E-state index is 13.3. The largest absolute Gasteiger partial charge is 0.457 e. The molecule has 1 saturated carbocycles. The number of allylic oxidation sites excluding steroid dienone is 1. The van der Waals surface area contributed by atoms with E-state index in [-0.39, 0.29) is 17.3 Å². The van der Waals surface area contributed by atoms with Crippen LogP contribution in [0.1, 0.15) is 25.5 Å². The molecule has 0 saturated heterocycles. The molecule has 0 heterocycles. The summed E-state index contributed by atoms with van der Waals surface area (Å²) in [5.41, 5.74) is 0.244. The third-order valence-corrected chi connectivity index (χ3v) is 5.54. The highest BCUT2D eigenvalue weighted by molar-refractivity contribution is 9.28. The molecular weight excluding hydrogens is 505 g/mol. The smallest absolute Gasteiger partial charge is 0.311 e. The number of benzene rings is 2. The molecule has 0 spiro atoms. The highest BCUT2D eigenvalue weighted by atomic mass is 79.9. The fourth-order valence-corrected chi connectivity index (χ4v) is 3.91. The Bertz CT molecular complexity index is 996. The van der Waals surface area contributed by atoms with E-state index in [1.807, 2.05) is 26.0 Å². The Hall–Kier alpha value is -2.17. The van der Waals surface area contributed by atoms with Gasteiger partial charge in [0.05, 0.1) is 9.31 Å². The zero-order valence-electron chi connectivity index (χ0n) is 15.7. The molecule has 1 aliphatic rings. The van der Waals surface area contributed by atoms with Crippen LogP contribution in [0.5, 0.6) is 11.5 Å². The third kappa shape index (κ3) is 5.06. The first kappa shape index (κ1) is 21.5. The second kappa shape index (κ2) is 8.68. The van der Waals surface area contributed by atoms with Gasteiger partial charge in [0.15, 0.2) is 0 Å². The molecule has 3 atom stereocenters. The standard InChI is InChI=1S/C22H18Br2FNO3/c1-22(2)17(11-19(23)24)20(22)21(27)29-18(12-26)13-5-3-7-15(9-13)28-16-8-4-6-14(25)10-16/h3-11,17-18,20H,1-2H3/t17-,18+,20-/m0/s1. The highest BCUT2D eigenvalue weighted by Crippen LogP contribution is 2.60. The molecule has 3 rings (SSSR count). The second-order valence-corrected chi connectivity index (χ2v) is 10.1. The van der Waals surface area contributed by atoms with Gasteiger partial charge >= 0.3 is 5.97 Å². The molecule has 7 heteroatoms. The zero-order valence-corrected chi connectivity index (χ0v) is 18.9. The quantitative estimate of drug-likeness (QED) is 0.399. The molecule has 150 valence electrons. The maximum atomic E-state index is 13.3. The molecule has 29 heavy (non-hydrogen) atoms. The van der Waals surface area contributed by atoms with Crippen molar-refractivity contribution in [3.05, 3.63) is 69.4 Å². The number of carbonyl (C=O) groups is 1. The van der Waals surface area contributed by atoms with Gasteiger partial charge in [-0.25, -0.2) is 4.39 Å². The number of rotatable bonds is 6. The van der Waals surface area contributed by atoms with Crippen LogP contribution in [0.3, 0.4) is 0 Å². The van der Waals surface area contributed by atoms with Crippen molar-refractivity contribution >= 4 is 37.8 Å². The number of carbonyl (C=O) groups excluding carboxylic acids is 1. The van der Waals surface area contributed by atoms with Gasteiger partial charge in [0, 0.05) is 11.6 Å². The average molecular weight is 523 g/mol. The lowest BCUT2D eigenvalue weighted by Gasteiger charge is -2.13. The van der Waals surface area contributed by atoms with Gasteiger partial charge in [-0.1, -0.05) is 38.1 Å². The second-order valence-electron chi connectivity index (χ2n) is 7.36. The van der Waals surface area contributed by atoms with E-state index in [4.69, 9.17) is 9.47 Å². The van der Waals surface area contributed by atoms with Crippen LogP contribution in [-0.4, -0.2) is 5.97 Å². The van der Waals surface area contributed by atoms with Gasteiger partial charge in [-0.05, 0) is 67.5 Å². The summed E-state index contributed by atoms with van der Waals surface area (Å²) < 4.78 is 25.3. The van der Waals surface area contributed by atoms with Crippen LogP contribution in [-0.2, 0) is 9.53 Å². The van der Waals surface area contributed by atoms with Crippen molar-refractivity contribution in [3.63, 3.8) is 0 Å². The molecular formula is C22H18Br2FNO3. The molecule has 0 radical (unpaired) electrons. The number of ether oxygens (including phenoxy) is 2. The lowest BCUT2D eigenvalue weighted by molar-refractivity contribution is -0.149. The Kier molecular flexibility index (Phi) is 6.45. The van der Waals surface area contributed by atoms with Crippen molar-refractivity contribution in [2.75, 3.05) is 0 Å². The van der Waals surface area contributed by atoms with Crippen LogP contribution < -0.4 is 4.74 Å². The van der Waals surface area contributed by atoms with Crippen molar-refractivity contribution < 1.29 is 18.7 Å². The minimum atomic E-state index is -1.06.